The lowest BCUT2D eigenvalue weighted by Gasteiger charge is -2.34. The summed E-state index contributed by atoms with van der Waals surface area (Å²) in [6.07, 6.45) is 0.298. The van der Waals surface area contributed by atoms with Gasteiger partial charge in [-0.1, -0.05) is 24.3 Å². The van der Waals surface area contributed by atoms with Crippen molar-refractivity contribution >= 4 is 11.9 Å². The topological polar surface area (TPSA) is 76.1 Å². The van der Waals surface area contributed by atoms with Crippen LogP contribution in [0.1, 0.15) is 35.3 Å². The lowest BCUT2D eigenvalue weighted by atomic mass is 9.93. The molecule has 1 aliphatic heterocycles. The Morgan fingerprint density at radius 2 is 1.70 bits per heavy atom. The number of fused-ring (bicyclic) bond motifs is 1. The van der Waals surface area contributed by atoms with E-state index < -0.39 is 12.0 Å². The molecule has 0 aliphatic carbocycles. The molecule has 0 bridgehead atoms. The molecule has 6 heteroatoms. The highest BCUT2D eigenvalue weighted by Gasteiger charge is 2.35. The van der Waals surface area contributed by atoms with Gasteiger partial charge in [0.1, 0.15) is 6.04 Å². The molecule has 1 N–H and O–H groups in total. The third-order valence-corrected chi connectivity index (χ3v) is 4.58. The molecule has 1 atom stereocenters. The fourth-order valence-corrected chi connectivity index (χ4v) is 3.31. The molecular weight excluding hydrogens is 346 g/mol. The molecule has 2 aromatic rings. The number of hydrogen-bond acceptors (Lipinski definition) is 4. The van der Waals surface area contributed by atoms with Crippen molar-refractivity contribution in [2.75, 3.05) is 13.2 Å². The van der Waals surface area contributed by atoms with E-state index >= 15 is 0 Å². The maximum absolute atomic E-state index is 13.1. The van der Waals surface area contributed by atoms with Crippen LogP contribution in [0.25, 0.3) is 0 Å². The second-order valence-electron chi connectivity index (χ2n) is 6.29. The van der Waals surface area contributed by atoms with Gasteiger partial charge in [-0.15, -0.1) is 0 Å². The predicted octanol–water partition coefficient (Wildman–Crippen LogP) is 3.14. The van der Waals surface area contributed by atoms with Gasteiger partial charge in [0.2, 0.25) is 0 Å². The molecule has 0 aromatic heterocycles. The Morgan fingerprint density at radius 1 is 1.04 bits per heavy atom. The van der Waals surface area contributed by atoms with Gasteiger partial charge in [0.15, 0.2) is 11.5 Å². The van der Waals surface area contributed by atoms with E-state index in [1.165, 1.54) is 4.90 Å². The summed E-state index contributed by atoms with van der Waals surface area (Å²) in [5, 5.41) is 9.64. The van der Waals surface area contributed by atoms with E-state index in [1.54, 1.807) is 18.2 Å². The van der Waals surface area contributed by atoms with Gasteiger partial charge in [-0.2, -0.15) is 0 Å². The molecule has 1 unspecified atom stereocenters. The standard InChI is InChI=1S/C21H23NO5/c1-3-26-18-10-9-15(12-19(18)27-4-2)20(23)22-13-16-8-6-5-7-14(16)11-17(22)21(24)25/h5-10,12,17H,3-4,11,13H2,1-2H3,(H,24,25). The molecule has 0 saturated carbocycles. The van der Waals surface area contributed by atoms with Gasteiger partial charge in [0.25, 0.3) is 5.91 Å². The summed E-state index contributed by atoms with van der Waals surface area (Å²) in [5.74, 6) is -0.293. The smallest absolute Gasteiger partial charge is 0.326 e. The number of amides is 1. The summed E-state index contributed by atoms with van der Waals surface area (Å²) < 4.78 is 11.1. The van der Waals surface area contributed by atoms with Crippen molar-refractivity contribution < 1.29 is 24.2 Å². The van der Waals surface area contributed by atoms with Crippen LogP contribution in [-0.4, -0.2) is 41.1 Å². The fourth-order valence-electron chi connectivity index (χ4n) is 3.31. The first-order valence-corrected chi connectivity index (χ1v) is 9.05. The van der Waals surface area contributed by atoms with Crippen molar-refractivity contribution in [1.29, 1.82) is 0 Å². The van der Waals surface area contributed by atoms with E-state index in [1.807, 2.05) is 38.1 Å². The molecule has 1 heterocycles. The van der Waals surface area contributed by atoms with Crippen LogP contribution >= 0.6 is 0 Å². The minimum atomic E-state index is -1.01. The average molecular weight is 369 g/mol. The van der Waals surface area contributed by atoms with Gasteiger partial charge in [-0.05, 0) is 43.2 Å². The third-order valence-electron chi connectivity index (χ3n) is 4.58. The number of aliphatic carboxylic acids is 1. The summed E-state index contributed by atoms with van der Waals surface area (Å²) in [7, 11) is 0. The van der Waals surface area contributed by atoms with Crippen molar-refractivity contribution in [3.8, 4) is 11.5 Å². The monoisotopic (exact) mass is 369 g/mol. The van der Waals surface area contributed by atoms with Gasteiger partial charge in [-0.25, -0.2) is 4.79 Å². The van der Waals surface area contributed by atoms with Crippen molar-refractivity contribution in [2.24, 2.45) is 0 Å². The van der Waals surface area contributed by atoms with Crippen LogP contribution in [0, 0.1) is 0 Å². The fraction of sp³-hybridized carbons (Fsp3) is 0.333. The van der Waals surface area contributed by atoms with E-state index in [4.69, 9.17) is 9.47 Å². The van der Waals surface area contributed by atoms with Crippen LogP contribution in [0.5, 0.6) is 11.5 Å². The number of carbonyl (C=O) groups is 2. The van der Waals surface area contributed by atoms with E-state index in [0.29, 0.717) is 36.7 Å². The summed E-state index contributed by atoms with van der Waals surface area (Å²) >= 11 is 0. The number of rotatable bonds is 6. The molecule has 0 saturated heterocycles. The number of carboxylic acid groups (broad SMARTS) is 1. The predicted molar refractivity (Wildman–Crippen MR) is 100 cm³/mol. The van der Waals surface area contributed by atoms with Gasteiger partial charge < -0.3 is 19.5 Å². The van der Waals surface area contributed by atoms with Crippen molar-refractivity contribution in [2.45, 2.75) is 32.9 Å². The molecule has 2 aromatic carbocycles. The maximum Gasteiger partial charge on any atom is 0.326 e. The minimum absolute atomic E-state index is 0.267. The van der Waals surface area contributed by atoms with E-state index in [2.05, 4.69) is 0 Å². The minimum Gasteiger partial charge on any atom is -0.490 e. The van der Waals surface area contributed by atoms with Crippen molar-refractivity contribution in [3.63, 3.8) is 0 Å². The number of hydrogen-bond donors (Lipinski definition) is 1. The van der Waals surface area contributed by atoms with Crippen LogP contribution < -0.4 is 9.47 Å². The molecule has 0 fully saturated rings. The van der Waals surface area contributed by atoms with Gasteiger partial charge in [0, 0.05) is 18.5 Å². The van der Waals surface area contributed by atoms with Crippen LogP contribution in [0.15, 0.2) is 42.5 Å². The number of carboxylic acids is 1. The summed E-state index contributed by atoms with van der Waals surface area (Å²) in [6.45, 7) is 4.91. The highest BCUT2D eigenvalue weighted by atomic mass is 16.5. The quantitative estimate of drug-likeness (QED) is 0.847. The van der Waals surface area contributed by atoms with Crippen LogP contribution in [0.3, 0.4) is 0 Å². The number of nitrogens with zero attached hydrogens (tertiary/aromatic N) is 1. The molecule has 1 amide bonds. The Labute approximate surface area is 158 Å². The number of carbonyl (C=O) groups excluding carboxylic acids is 1. The third kappa shape index (κ3) is 3.89. The first-order chi connectivity index (χ1) is 13.0. The average Bonchev–Trinajstić information content (AvgIpc) is 2.68. The summed E-state index contributed by atoms with van der Waals surface area (Å²) in [4.78, 5) is 26.3. The second-order valence-corrected chi connectivity index (χ2v) is 6.29. The zero-order valence-electron chi connectivity index (χ0n) is 15.5. The molecule has 142 valence electrons. The first kappa shape index (κ1) is 18.8. The Morgan fingerprint density at radius 3 is 2.37 bits per heavy atom. The molecule has 3 rings (SSSR count). The normalized spacial score (nSPS) is 15.8. The molecule has 0 spiro atoms. The SMILES string of the molecule is CCOc1ccc(C(=O)N2Cc3ccccc3CC2C(=O)O)cc1OCC. The lowest BCUT2D eigenvalue weighted by molar-refractivity contribution is -0.142. The maximum atomic E-state index is 13.1. The van der Waals surface area contributed by atoms with Crippen LogP contribution in [0.4, 0.5) is 0 Å². The first-order valence-electron chi connectivity index (χ1n) is 9.05. The van der Waals surface area contributed by atoms with E-state index in [0.717, 1.165) is 11.1 Å². The summed E-state index contributed by atoms with van der Waals surface area (Å²) in [6, 6.07) is 11.7. The van der Waals surface area contributed by atoms with Gasteiger partial charge >= 0.3 is 5.97 Å². The highest BCUT2D eigenvalue weighted by molar-refractivity contribution is 5.97. The Bertz CT molecular complexity index is 848. The second kappa shape index (κ2) is 8.12. The molecule has 6 nitrogen and oxygen atoms in total. The number of ether oxygens (including phenoxy) is 2. The Balaban J connectivity index is 1.93. The zero-order valence-corrected chi connectivity index (χ0v) is 15.5. The van der Waals surface area contributed by atoms with Crippen molar-refractivity contribution in [1.82, 2.24) is 4.90 Å². The molecule has 1 aliphatic rings. The largest absolute Gasteiger partial charge is 0.490 e. The highest BCUT2D eigenvalue weighted by Crippen LogP contribution is 2.31. The Hall–Kier alpha value is -3.02. The Kier molecular flexibility index (Phi) is 5.64. The van der Waals surface area contributed by atoms with Gasteiger partial charge in [-0.3, -0.25) is 4.79 Å². The van der Waals surface area contributed by atoms with E-state index in [9.17, 15) is 14.7 Å². The van der Waals surface area contributed by atoms with E-state index in [-0.39, 0.29) is 12.5 Å². The lowest BCUT2D eigenvalue weighted by Crippen LogP contribution is -2.48. The zero-order chi connectivity index (χ0) is 19.4. The van der Waals surface area contributed by atoms with Crippen LogP contribution in [0.2, 0.25) is 0 Å². The molecule has 0 radical (unpaired) electrons. The molecule has 27 heavy (non-hydrogen) atoms. The summed E-state index contributed by atoms with van der Waals surface area (Å²) in [5.41, 5.74) is 2.32. The number of benzene rings is 2. The van der Waals surface area contributed by atoms with Gasteiger partial charge in [0.05, 0.1) is 13.2 Å². The van der Waals surface area contributed by atoms with Crippen molar-refractivity contribution in [3.05, 3.63) is 59.2 Å². The molecular formula is C21H23NO5. The van der Waals surface area contributed by atoms with Crippen LogP contribution in [-0.2, 0) is 17.8 Å².